The van der Waals surface area contributed by atoms with E-state index in [1.54, 1.807) is 7.11 Å². The third-order valence-corrected chi connectivity index (χ3v) is 4.12. The maximum atomic E-state index is 5.42. The van der Waals surface area contributed by atoms with Gasteiger partial charge in [0.25, 0.3) is 0 Å². The molecule has 0 amide bonds. The van der Waals surface area contributed by atoms with E-state index in [2.05, 4.69) is 33.5 Å². The van der Waals surface area contributed by atoms with Crippen LogP contribution in [0, 0.1) is 6.92 Å². The van der Waals surface area contributed by atoms with Gasteiger partial charge in [-0.25, -0.2) is 0 Å². The topological polar surface area (TPSA) is 63.4 Å². The first-order valence-electron chi connectivity index (χ1n) is 7.54. The second-order valence-corrected chi connectivity index (χ2v) is 5.73. The Labute approximate surface area is 142 Å². The van der Waals surface area contributed by atoms with Crippen molar-refractivity contribution in [2.24, 2.45) is 0 Å². The van der Waals surface area contributed by atoms with Crippen LogP contribution in [-0.4, -0.2) is 48.8 Å². The van der Waals surface area contributed by atoms with Gasteiger partial charge in [-0.1, -0.05) is 17.3 Å². The molecule has 0 bridgehead atoms. The number of piperazine rings is 1. The number of nitrogens with one attached hydrogen (secondary N) is 1. The lowest BCUT2D eigenvalue weighted by Gasteiger charge is -2.30. The third kappa shape index (κ3) is 4.02. The van der Waals surface area contributed by atoms with Crippen LogP contribution < -0.4 is 10.1 Å². The summed E-state index contributed by atoms with van der Waals surface area (Å²) >= 11 is 0. The van der Waals surface area contributed by atoms with Gasteiger partial charge in [0.2, 0.25) is 5.89 Å². The van der Waals surface area contributed by atoms with Gasteiger partial charge >= 0.3 is 0 Å². The second kappa shape index (κ2) is 7.77. The van der Waals surface area contributed by atoms with Gasteiger partial charge in [-0.3, -0.25) is 4.90 Å². The molecule has 23 heavy (non-hydrogen) atoms. The summed E-state index contributed by atoms with van der Waals surface area (Å²) in [5, 5.41) is 7.51. The van der Waals surface area contributed by atoms with Crippen LogP contribution in [0.1, 0.15) is 28.9 Å². The van der Waals surface area contributed by atoms with Crippen LogP contribution >= 0.6 is 12.4 Å². The summed E-state index contributed by atoms with van der Waals surface area (Å²) in [4.78, 5) is 6.81. The molecule has 2 heterocycles. The van der Waals surface area contributed by atoms with Crippen molar-refractivity contribution in [3.8, 4) is 5.75 Å². The largest absolute Gasteiger partial charge is 0.496 e. The summed E-state index contributed by atoms with van der Waals surface area (Å²) in [5.74, 6) is 2.28. The second-order valence-electron chi connectivity index (χ2n) is 5.73. The molecule has 1 unspecified atom stereocenters. The number of aryl methyl sites for hydroxylation is 1. The van der Waals surface area contributed by atoms with Gasteiger partial charge in [0.15, 0.2) is 5.82 Å². The average molecular weight is 339 g/mol. The first-order valence-corrected chi connectivity index (χ1v) is 7.54. The molecule has 1 N–H and O–H groups in total. The smallest absolute Gasteiger partial charge is 0.231 e. The number of ether oxygens (including phenoxy) is 1. The molecule has 1 saturated heterocycles. The minimum Gasteiger partial charge on any atom is -0.496 e. The molecule has 1 aliphatic heterocycles. The first-order chi connectivity index (χ1) is 10.7. The fourth-order valence-corrected chi connectivity index (χ4v) is 2.72. The number of nitrogens with zero attached hydrogens (tertiary/aromatic N) is 3. The van der Waals surface area contributed by atoms with Crippen molar-refractivity contribution < 1.29 is 9.26 Å². The van der Waals surface area contributed by atoms with E-state index >= 15 is 0 Å². The zero-order valence-corrected chi connectivity index (χ0v) is 14.5. The molecule has 2 aromatic rings. The molecule has 1 aromatic heterocycles. The van der Waals surface area contributed by atoms with Gasteiger partial charge in [-0.15, -0.1) is 12.4 Å². The Morgan fingerprint density at radius 1 is 1.43 bits per heavy atom. The van der Waals surface area contributed by atoms with E-state index in [0.29, 0.717) is 12.3 Å². The average Bonchev–Trinajstić information content (AvgIpc) is 2.98. The highest BCUT2D eigenvalue weighted by atomic mass is 35.5. The normalized spacial score (nSPS) is 18.5. The standard InChI is InChI=1S/C16H22N4O2.ClH/c1-11-4-5-12(8-14(11)21-3)9-15-18-16(19-22-15)13-10-17-6-7-20(13)2;/h4-5,8,13,17H,6-7,9-10H2,1-3H3;1H. The van der Waals surface area contributed by atoms with Crippen molar-refractivity contribution in [2.75, 3.05) is 33.8 Å². The maximum Gasteiger partial charge on any atom is 0.231 e. The van der Waals surface area contributed by atoms with Crippen molar-refractivity contribution in [1.29, 1.82) is 0 Å². The monoisotopic (exact) mass is 338 g/mol. The summed E-state index contributed by atoms with van der Waals surface area (Å²) < 4.78 is 10.8. The predicted octanol–water partition coefficient (Wildman–Crippen LogP) is 1.98. The van der Waals surface area contributed by atoms with E-state index in [1.165, 1.54) is 0 Å². The van der Waals surface area contributed by atoms with Crippen LogP contribution in [0.2, 0.25) is 0 Å². The van der Waals surface area contributed by atoms with Crippen molar-refractivity contribution in [1.82, 2.24) is 20.4 Å². The van der Waals surface area contributed by atoms with E-state index in [9.17, 15) is 0 Å². The number of hydrogen-bond donors (Lipinski definition) is 1. The quantitative estimate of drug-likeness (QED) is 0.919. The van der Waals surface area contributed by atoms with Gasteiger partial charge in [-0.2, -0.15) is 4.98 Å². The Morgan fingerprint density at radius 3 is 3.00 bits per heavy atom. The van der Waals surface area contributed by atoms with Crippen LogP contribution in [0.3, 0.4) is 0 Å². The molecule has 1 aromatic carbocycles. The van der Waals surface area contributed by atoms with Crippen LogP contribution in [0.15, 0.2) is 22.7 Å². The van der Waals surface area contributed by atoms with Crippen molar-refractivity contribution in [3.05, 3.63) is 41.0 Å². The van der Waals surface area contributed by atoms with Crippen molar-refractivity contribution in [2.45, 2.75) is 19.4 Å². The molecule has 3 rings (SSSR count). The number of halogens is 1. The molecule has 0 radical (unpaired) electrons. The van der Waals surface area contributed by atoms with E-state index in [-0.39, 0.29) is 18.4 Å². The van der Waals surface area contributed by atoms with Crippen molar-refractivity contribution in [3.63, 3.8) is 0 Å². The molecule has 1 aliphatic rings. The molecular formula is C16H23ClN4O2. The highest BCUT2D eigenvalue weighted by Crippen LogP contribution is 2.22. The summed E-state index contributed by atoms with van der Waals surface area (Å²) in [5.41, 5.74) is 2.22. The number of likely N-dealkylation sites (N-methyl/N-ethyl adjacent to an activating group) is 1. The number of methoxy groups -OCH3 is 1. The Hall–Kier alpha value is -1.63. The Kier molecular flexibility index (Phi) is 5.98. The highest BCUT2D eigenvalue weighted by molar-refractivity contribution is 5.85. The molecule has 1 atom stereocenters. The summed E-state index contributed by atoms with van der Waals surface area (Å²) in [6.07, 6.45) is 0.619. The maximum absolute atomic E-state index is 5.42. The fraction of sp³-hybridized carbons (Fsp3) is 0.500. The first kappa shape index (κ1) is 17.7. The number of hydrogen-bond acceptors (Lipinski definition) is 6. The van der Waals surface area contributed by atoms with E-state index in [4.69, 9.17) is 9.26 Å². The van der Waals surface area contributed by atoms with E-state index in [1.807, 2.05) is 19.1 Å². The lowest BCUT2D eigenvalue weighted by Crippen LogP contribution is -2.44. The van der Waals surface area contributed by atoms with Gasteiger partial charge in [-0.05, 0) is 31.2 Å². The van der Waals surface area contributed by atoms with Crippen LogP contribution in [0.4, 0.5) is 0 Å². The molecule has 1 fully saturated rings. The Morgan fingerprint density at radius 2 is 2.26 bits per heavy atom. The van der Waals surface area contributed by atoms with Crippen LogP contribution in [0.25, 0.3) is 0 Å². The zero-order chi connectivity index (χ0) is 15.5. The highest BCUT2D eigenvalue weighted by Gasteiger charge is 2.25. The van der Waals surface area contributed by atoms with Crippen molar-refractivity contribution >= 4 is 12.4 Å². The molecule has 0 saturated carbocycles. The molecular weight excluding hydrogens is 316 g/mol. The Bertz CT molecular complexity index is 647. The molecule has 7 heteroatoms. The third-order valence-electron chi connectivity index (χ3n) is 4.12. The summed E-state index contributed by atoms with van der Waals surface area (Å²) in [6, 6.07) is 6.31. The molecule has 126 valence electrons. The number of benzene rings is 1. The minimum atomic E-state index is 0. The SMILES string of the molecule is COc1cc(Cc2nc(C3CNCCN3C)no2)ccc1C.Cl. The molecule has 0 spiro atoms. The zero-order valence-electron chi connectivity index (χ0n) is 13.7. The lowest BCUT2D eigenvalue weighted by atomic mass is 10.1. The van der Waals surface area contributed by atoms with Gasteiger partial charge in [0, 0.05) is 19.6 Å². The number of aromatic nitrogens is 2. The van der Waals surface area contributed by atoms with E-state index < -0.39 is 0 Å². The van der Waals surface area contributed by atoms with Crippen LogP contribution in [-0.2, 0) is 6.42 Å². The number of rotatable bonds is 4. The molecule has 6 nitrogen and oxygen atoms in total. The van der Waals surface area contributed by atoms with Gasteiger partial charge in [0.1, 0.15) is 5.75 Å². The summed E-state index contributed by atoms with van der Waals surface area (Å²) in [7, 11) is 3.77. The lowest BCUT2D eigenvalue weighted by molar-refractivity contribution is 0.190. The van der Waals surface area contributed by atoms with E-state index in [0.717, 1.165) is 42.3 Å². The van der Waals surface area contributed by atoms with Gasteiger partial charge < -0.3 is 14.6 Å². The fourth-order valence-electron chi connectivity index (χ4n) is 2.72. The minimum absolute atomic E-state index is 0. The Balaban J connectivity index is 0.00000192. The predicted molar refractivity (Wildman–Crippen MR) is 90.3 cm³/mol. The summed E-state index contributed by atoms with van der Waals surface area (Å²) in [6.45, 7) is 4.87. The molecule has 0 aliphatic carbocycles. The van der Waals surface area contributed by atoms with Crippen LogP contribution in [0.5, 0.6) is 5.75 Å². The van der Waals surface area contributed by atoms with Gasteiger partial charge in [0.05, 0.1) is 19.6 Å².